The van der Waals surface area contributed by atoms with Crippen LogP contribution >= 0.6 is 11.6 Å². The number of piperidine rings is 1. The maximum absolute atomic E-state index is 13.4. The van der Waals surface area contributed by atoms with Gasteiger partial charge in [0.05, 0.1) is 11.7 Å². The summed E-state index contributed by atoms with van der Waals surface area (Å²) >= 11 is 15.8. The molecule has 506 valence electrons. The number of carbonyl (C=O) groups excluding carboxylic acids is 2. The second-order valence-corrected chi connectivity index (χ2v) is 104. The van der Waals surface area contributed by atoms with Crippen molar-refractivity contribution in [1.82, 2.24) is 19.7 Å². The number of amides is 3. The zero-order chi connectivity index (χ0) is 63.0. The van der Waals surface area contributed by atoms with Gasteiger partial charge in [0.2, 0.25) is 5.91 Å². The number of rotatable bonds is 6. The van der Waals surface area contributed by atoms with Crippen LogP contribution in [0.5, 0.6) is 0 Å². The Bertz CT molecular complexity index is 5050. The number of halogens is 1. The summed E-state index contributed by atoms with van der Waals surface area (Å²) in [5, 5.41) is 0.714. The molecule has 0 saturated carbocycles. The van der Waals surface area contributed by atoms with Gasteiger partial charge in [-0.25, -0.2) is 4.79 Å². The highest BCUT2D eigenvalue weighted by molar-refractivity contribution is 8.82. The lowest BCUT2D eigenvalue weighted by Crippen LogP contribution is -2.58. The molecule has 2 aliphatic heterocycles. The molecule has 2 fully saturated rings. The molecule has 2 atom stereocenters. The molecule has 2 aromatic rings. The van der Waals surface area contributed by atoms with E-state index in [2.05, 4.69) is 46.8 Å². The van der Waals surface area contributed by atoms with E-state index in [1.807, 2.05) is 359 Å². The lowest BCUT2D eigenvalue weighted by molar-refractivity contribution is -0.139. The average molecular weight is 2200 g/mol. The van der Waals surface area contributed by atoms with E-state index in [0.717, 1.165) is 37.2 Å². The van der Waals surface area contributed by atoms with Crippen molar-refractivity contribution >= 4 is 499 Å². The van der Waals surface area contributed by atoms with Crippen molar-refractivity contribution in [2.75, 3.05) is 32.7 Å². The topological polar surface area (TPSA) is 82.8 Å². The molecule has 61 heteroatoms. The molecule has 3 amide bonds. The van der Waals surface area contributed by atoms with E-state index >= 15 is 0 Å². The van der Waals surface area contributed by atoms with E-state index in [4.69, 9.17) is 39.7 Å². The van der Waals surface area contributed by atoms with Gasteiger partial charge < -0.3 is 15.5 Å². The number of hydrogen-bond donors (Lipinski definition) is 1. The number of benzene rings is 1. The molecular weight excluding hydrogens is 2160 g/mol. The third kappa shape index (κ3) is 51.3. The standard InChI is InChI=1S/C27H36ClN5O2.S53/c1-19(2)24-18-32(26(23-5-3-4-12-30-23)21-6-8-22(28)9-7-21)15-16-33(24)25(34)17-20-10-13-31(14-11-20)27(29)35;1-3-5-7-9-11-13-15-17-19-21-23-25-27-29-31-33-35-37-39-41-43-45-47-49-51-53-52-50-48-46-44-42-40-38-36-34-32-30-28-26-24-22-20-18-16-14-12-10-8-6-4-2/h3-9,12,19-20,24,26H,10-11,13-18H2,1-2H3,(H2,29,35);/t24-,26?;/m1./s1. The van der Waals surface area contributed by atoms with Gasteiger partial charge in [-0.1, -0.05) is 43.6 Å². The summed E-state index contributed by atoms with van der Waals surface area (Å²) in [6.07, 6.45) is 4.04. The smallest absolute Gasteiger partial charge is 0.314 e. The van der Waals surface area contributed by atoms with Gasteiger partial charge in [0.1, 0.15) is 0 Å². The molecule has 1 unspecified atom stereocenters. The minimum atomic E-state index is -0.367. The second kappa shape index (κ2) is 67.9. The maximum atomic E-state index is 13.4. The number of carbonyl (C=O) groups is 2. The molecule has 88 heavy (non-hydrogen) atoms. The lowest BCUT2D eigenvalue weighted by atomic mass is 9.91. The molecule has 7 nitrogen and oxygen atoms in total. The molecule has 2 saturated heterocycles. The van der Waals surface area contributed by atoms with Crippen LogP contribution in [0.15, 0.2) is 48.7 Å². The van der Waals surface area contributed by atoms with Gasteiger partial charge in [0.25, 0.3) is 0 Å². The van der Waals surface area contributed by atoms with E-state index in [9.17, 15) is 9.59 Å². The normalized spacial score (nSPS) is 12.9. The summed E-state index contributed by atoms with van der Waals surface area (Å²) in [4.78, 5) is 35.7. The fourth-order valence-electron chi connectivity index (χ4n) is 5.98. The maximum Gasteiger partial charge on any atom is 0.314 e. The number of aromatic nitrogens is 1. The highest BCUT2D eigenvalue weighted by Gasteiger charge is 2.37. The molecule has 1 aromatic carbocycles. The van der Waals surface area contributed by atoms with Crippen LogP contribution in [0.1, 0.15) is 50.4 Å². The summed E-state index contributed by atoms with van der Waals surface area (Å²) in [5.74, 6) is 0.856. The molecule has 3 heterocycles. The molecule has 0 bridgehead atoms. The van der Waals surface area contributed by atoms with Crippen molar-refractivity contribution in [3.8, 4) is 0 Å². The summed E-state index contributed by atoms with van der Waals surface area (Å²) < 4.78 is 0. The van der Waals surface area contributed by atoms with E-state index in [1.165, 1.54) is 17.8 Å². The van der Waals surface area contributed by atoms with Gasteiger partial charge in [-0.05, 0) is 54.5 Å². The molecule has 2 aliphatic rings. The Morgan fingerprint density at radius 1 is 0.477 bits per heavy atom. The van der Waals surface area contributed by atoms with Gasteiger partial charge >= 0.3 is 6.03 Å². The van der Waals surface area contributed by atoms with E-state index < -0.39 is 0 Å². The Morgan fingerprint density at radius 3 is 1.07 bits per heavy atom. The van der Waals surface area contributed by atoms with Crippen LogP contribution in [0.4, 0.5) is 4.79 Å². The van der Waals surface area contributed by atoms with Crippen LogP contribution in [0, 0.1) is 11.8 Å². The Morgan fingerprint density at radius 2 is 0.795 bits per heavy atom. The van der Waals surface area contributed by atoms with Crippen LogP contribution in [0.3, 0.4) is 0 Å². The van der Waals surface area contributed by atoms with Crippen molar-refractivity contribution in [2.45, 2.75) is 45.2 Å². The first-order chi connectivity index (χ1) is 43.2. The van der Waals surface area contributed by atoms with Crippen molar-refractivity contribution in [1.29, 1.82) is 0 Å². The number of primary amides is 1. The van der Waals surface area contributed by atoms with E-state index in [-0.39, 0.29) is 24.0 Å². The van der Waals surface area contributed by atoms with Crippen LogP contribution < -0.4 is 5.73 Å². The lowest BCUT2D eigenvalue weighted by Gasteiger charge is -2.46. The number of likely N-dealkylation sites (tertiary alicyclic amines) is 1. The summed E-state index contributed by atoms with van der Waals surface area (Å²) in [5.41, 5.74) is 7.56. The highest BCUT2D eigenvalue weighted by atomic mass is 35.5. The van der Waals surface area contributed by atoms with Crippen molar-refractivity contribution in [2.24, 2.45) is 17.6 Å². The number of nitrogens with two attached hydrogens (primary N) is 1. The minimum absolute atomic E-state index is 0.00472. The molecular formula is C27H36ClN5O2S53. The Hall–Kier alpha value is 9.02. The molecule has 0 radical (unpaired) electrons. The van der Waals surface area contributed by atoms with E-state index in [1.54, 1.807) is 111 Å². The Balaban J connectivity index is 0.000000496. The molecule has 2 N–H and O–H groups in total. The van der Waals surface area contributed by atoms with Gasteiger partial charge in [-0.2, -0.15) is 0 Å². The summed E-state index contributed by atoms with van der Waals surface area (Å²) in [6, 6.07) is 13.8. The fourth-order valence-corrected chi connectivity index (χ4v) is 141. The van der Waals surface area contributed by atoms with Gasteiger partial charge in [0.15, 0.2) is 0 Å². The summed E-state index contributed by atoms with van der Waals surface area (Å²) in [7, 11) is 91.2. The Labute approximate surface area is 672 Å². The predicted molar refractivity (Wildman–Crippen MR) is 528 cm³/mol. The van der Waals surface area contributed by atoms with Crippen LogP contribution in [0.25, 0.3) is 0 Å². The van der Waals surface area contributed by atoms with Crippen LogP contribution in [-0.4, -0.2) is 70.4 Å². The molecule has 0 aliphatic carbocycles. The molecule has 0 spiro atoms. The van der Waals surface area contributed by atoms with E-state index in [0.29, 0.717) is 42.9 Å². The quantitative estimate of drug-likeness (QED) is 0.471. The zero-order valence-electron chi connectivity index (χ0n) is 42.3. The number of urea groups is 1. The largest absolute Gasteiger partial charge is 0.351 e. The average Bonchev–Trinajstić information content (AvgIpc) is 2.67. The monoisotopic (exact) mass is 2190 g/mol. The van der Waals surface area contributed by atoms with Crippen molar-refractivity contribution in [3.63, 3.8) is 0 Å². The third-order valence-corrected chi connectivity index (χ3v) is 120. The third-order valence-electron chi connectivity index (χ3n) is 8.84. The minimum Gasteiger partial charge on any atom is -0.351 e. The number of pyridine rings is 1. The van der Waals surface area contributed by atoms with Crippen LogP contribution in [-0.2, 0) is 480 Å². The first-order valence-electron chi connectivity index (χ1n) is 21.2. The SMILES string of the molecule is CC(C)[C@H]1CN(C(c2ccc(Cl)cc2)c2ccccn2)CCN1C(=O)CC1CCN(C(N)=O)CC1.S=S=S=S=S=S=S=S=S=S=S=S=S=S=S=S=S=S=S=S=S=S=S=S=S=S=S=S=S=S=S=S=S=S=S=S=S=S=S=S=S=S=S=S=S=S=S=S=S=S=S=S=S. The predicted octanol–water partition coefficient (Wildman–Crippen LogP) is 4.05. The van der Waals surface area contributed by atoms with Gasteiger partial charge in [-0.3, -0.25) is 14.7 Å². The van der Waals surface area contributed by atoms with Crippen LogP contribution in [0.2, 0.25) is 5.02 Å². The molecule has 4 rings (SSSR count). The first-order valence-corrected chi connectivity index (χ1v) is 91.0. The van der Waals surface area contributed by atoms with Gasteiger partial charge in [-0.15, -0.1) is 0 Å². The summed E-state index contributed by atoms with van der Waals surface area (Å²) in [6.45, 7) is 7.92. The van der Waals surface area contributed by atoms with Crippen molar-refractivity contribution in [3.05, 3.63) is 64.9 Å². The second-order valence-electron chi connectivity index (χ2n) is 13.5. The number of hydrogen-bond acceptors (Lipinski definition) is 6. The number of piperazine rings is 1. The Kier molecular flexibility index (Phi) is 70.4. The molecule has 1 aromatic heterocycles. The zero-order valence-corrected chi connectivity index (χ0v) is 86.3. The highest BCUT2D eigenvalue weighted by Crippen LogP contribution is 2.32. The van der Waals surface area contributed by atoms with Crippen molar-refractivity contribution < 1.29 is 9.59 Å². The number of nitrogens with zero attached hydrogens (tertiary/aromatic N) is 4. The van der Waals surface area contributed by atoms with Gasteiger partial charge in [0, 0.05) is 532 Å². The first kappa shape index (κ1) is 91.2. The fraction of sp³-hybridized carbons (Fsp3) is 0.519.